The van der Waals surface area contributed by atoms with Gasteiger partial charge in [-0.3, -0.25) is 4.79 Å². The van der Waals surface area contributed by atoms with Gasteiger partial charge in [0.05, 0.1) is 6.42 Å². The van der Waals surface area contributed by atoms with E-state index < -0.39 is 36.4 Å². The Labute approximate surface area is 91.7 Å². The lowest BCUT2D eigenvalue weighted by Gasteiger charge is -2.11. The molecule has 0 bridgehead atoms. The second-order valence-corrected chi connectivity index (χ2v) is 3.14. The molecule has 0 saturated carbocycles. The zero-order valence-corrected chi connectivity index (χ0v) is 8.59. The molecular formula is C8H15N3O5. The average Bonchev–Trinajstić information content (AvgIpc) is 2.16. The van der Waals surface area contributed by atoms with E-state index in [9.17, 15) is 14.4 Å². The zero-order chi connectivity index (χ0) is 12.7. The van der Waals surface area contributed by atoms with Gasteiger partial charge in [0.2, 0.25) is 5.91 Å². The van der Waals surface area contributed by atoms with Gasteiger partial charge in [-0.15, -0.1) is 0 Å². The van der Waals surface area contributed by atoms with Crippen molar-refractivity contribution in [3.8, 4) is 0 Å². The summed E-state index contributed by atoms with van der Waals surface area (Å²) in [7, 11) is 0. The molecule has 0 aliphatic carbocycles. The second-order valence-electron chi connectivity index (χ2n) is 3.14. The number of aliphatic hydroxyl groups is 1. The molecule has 2 atom stereocenters. The summed E-state index contributed by atoms with van der Waals surface area (Å²) in [4.78, 5) is 32.6. The van der Waals surface area contributed by atoms with Crippen LogP contribution in [0.3, 0.4) is 0 Å². The highest BCUT2D eigenvalue weighted by atomic mass is 16.6. The molecule has 0 unspecified atom stereocenters. The van der Waals surface area contributed by atoms with E-state index in [1.165, 1.54) is 0 Å². The van der Waals surface area contributed by atoms with Gasteiger partial charge in [-0.1, -0.05) is 0 Å². The Morgan fingerprint density at radius 1 is 1.12 bits per heavy atom. The molecule has 1 amide bonds. The number of nitrogens with two attached hydrogens (primary N) is 3. The van der Waals surface area contributed by atoms with E-state index in [0.29, 0.717) is 0 Å². The van der Waals surface area contributed by atoms with Crippen LogP contribution in [0.15, 0.2) is 0 Å². The number of hydrogen-bond donors (Lipinski definition) is 4. The number of esters is 2. The Kier molecular flexibility index (Phi) is 6.23. The Bertz CT molecular complexity index is 281. The maximum Gasteiger partial charge on any atom is 0.331 e. The Hall–Kier alpha value is -1.51. The molecule has 92 valence electrons. The number of carbonyl (C=O) groups excluding carboxylic acids is 3. The first kappa shape index (κ1) is 14.5. The number of rotatable bonds is 6. The van der Waals surface area contributed by atoms with Crippen molar-refractivity contribution < 1.29 is 24.2 Å². The van der Waals surface area contributed by atoms with Crippen molar-refractivity contribution in [1.82, 2.24) is 0 Å². The summed E-state index contributed by atoms with van der Waals surface area (Å²) in [5.74, 6) is -2.85. The molecule has 0 aliphatic heterocycles. The van der Waals surface area contributed by atoms with Crippen LogP contribution in [0.4, 0.5) is 0 Å². The lowest BCUT2D eigenvalue weighted by atomic mass is 10.2. The Morgan fingerprint density at radius 3 is 2.06 bits per heavy atom. The molecule has 0 spiro atoms. The first-order valence-electron chi connectivity index (χ1n) is 4.54. The largest absolute Gasteiger partial charge is 0.396 e. The van der Waals surface area contributed by atoms with Crippen molar-refractivity contribution in [2.75, 3.05) is 6.61 Å². The molecule has 0 rings (SSSR count). The molecule has 0 aromatic rings. The minimum absolute atomic E-state index is 0.0306. The summed E-state index contributed by atoms with van der Waals surface area (Å²) in [6, 6.07) is -2.39. The van der Waals surface area contributed by atoms with Crippen LogP contribution in [0.2, 0.25) is 0 Å². The molecule has 0 heterocycles. The average molecular weight is 233 g/mol. The molecule has 0 radical (unpaired) electrons. The molecule has 0 saturated heterocycles. The molecule has 0 aromatic heterocycles. The van der Waals surface area contributed by atoms with Crippen molar-refractivity contribution in [1.29, 1.82) is 0 Å². The fourth-order valence-electron chi connectivity index (χ4n) is 0.808. The van der Waals surface area contributed by atoms with Gasteiger partial charge in [-0.25, -0.2) is 9.59 Å². The van der Waals surface area contributed by atoms with Crippen LogP contribution in [-0.4, -0.2) is 41.6 Å². The van der Waals surface area contributed by atoms with Gasteiger partial charge in [0.25, 0.3) is 0 Å². The van der Waals surface area contributed by atoms with Gasteiger partial charge in [-0.2, -0.15) is 0 Å². The summed E-state index contributed by atoms with van der Waals surface area (Å²) in [6.07, 6.45) is -0.446. The highest BCUT2D eigenvalue weighted by Gasteiger charge is 2.23. The molecule has 8 heteroatoms. The molecule has 0 fully saturated rings. The SMILES string of the molecule is NC(=O)C[C@H](N)C(=O)OC(=O)[C@@H](N)CCO. The molecule has 7 N–H and O–H groups in total. The van der Waals surface area contributed by atoms with Gasteiger partial charge >= 0.3 is 11.9 Å². The predicted octanol–water partition coefficient (Wildman–Crippen LogP) is -3.03. The van der Waals surface area contributed by atoms with Crippen molar-refractivity contribution >= 4 is 17.8 Å². The van der Waals surface area contributed by atoms with Gasteiger partial charge in [0.15, 0.2) is 0 Å². The lowest BCUT2D eigenvalue weighted by Crippen LogP contribution is -2.41. The normalized spacial score (nSPS) is 13.9. The Balaban J connectivity index is 4.13. The van der Waals surface area contributed by atoms with E-state index in [-0.39, 0.29) is 13.0 Å². The summed E-state index contributed by atoms with van der Waals surface area (Å²) in [5.41, 5.74) is 15.3. The fraction of sp³-hybridized carbons (Fsp3) is 0.625. The zero-order valence-electron chi connectivity index (χ0n) is 8.59. The number of primary amides is 1. The predicted molar refractivity (Wildman–Crippen MR) is 52.6 cm³/mol. The van der Waals surface area contributed by atoms with Crippen LogP contribution in [-0.2, 0) is 19.1 Å². The first-order chi connectivity index (χ1) is 7.38. The number of carbonyl (C=O) groups is 3. The molecule has 8 nitrogen and oxygen atoms in total. The number of hydrogen-bond acceptors (Lipinski definition) is 7. The Morgan fingerprint density at radius 2 is 1.62 bits per heavy atom. The van der Waals surface area contributed by atoms with Crippen molar-refractivity contribution in [2.45, 2.75) is 24.9 Å². The highest BCUT2D eigenvalue weighted by molar-refractivity contribution is 5.92. The quantitative estimate of drug-likeness (QED) is 0.280. The van der Waals surface area contributed by atoms with E-state index in [4.69, 9.17) is 22.3 Å². The third kappa shape index (κ3) is 5.39. The van der Waals surface area contributed by atoms with Gasteiger partial charge < -0.3 is 27.0 Å². The molecule has 0 aliphatic rings. The monoisotopic (exact) mass is 233 g/mol. The highest BCUT2D eigenvalue weighted by Crippen LogP contribution is 1.96. The topological polar surface area (TPSA) is 159 Å². The summed E-state index contributed by atoms with van der Waals surface area (Å²) in [6.45, 7) is -0.308. The third-order valence-electron chi connectivity index (χ3n) is 1.67. The standard InChI is InChI=1S/C8H15N3O5/c9-4(1-2-12)7(14)16-8(15)5(10)3-6(11)13/h4-5,12H,1-3,9-10H2,(H2,11,13)/t4-,5-/m0/s1. The lowest BCUT2D eigenvalue weighted by molar-refractivity contribution is -0.162. The van der Waals surface area contributed by atoms with Crippen molar-refractivity contribution in [2.24, 2.45) is 17.2 Å². The summed E-state index contributed by atoms with van der Waals surface area (Å²) in [5, 5.41) is 8.49. The third-order valence-corrected chi connectivity index (χ3v) is 1.67. The van der Waals surface area contributed by atoms with Crippen LogP contribution in [0.5, 0.6) is 0 Å². The molecule has 0 aromatic carbocycles. The number of ether oxygens (including phenoxy) is 1. The van der Waals surface area contributed by atoms with E-state index in [1.807, 2.05) is 0 Å². The number of amides is 1. The first-order valence-corrected chi connectivity index (χ1v) is 4.54. The molecule has 16 heavy (non-hydrogen) atoms. The van der Waals surface area contributed by atoms with Crippen LogP contribution >= 0.6 is 0 Å². The maximum absolute atomic E-state index is 11.1. The smallest absolute Gasteiger partial charge is 0.331 e. The van der Waals surface area contributed by atoms with E-state index in [2.05, 4.69) is 4.74 Å². The maximum atomic E-state index is 11.1. The van der Waals surface area contributed by atoms with E-state index >= 15 is 0 Å². The minimum Gasteiger partial charge on any atom is -0.396 e. The van der Waals surface area contributed by atoms with Crippen LogP contribution in [0.1, 0.15) is 12.8 Å². The van der Waals surface area contributed by atoms with Crippen LogP contribution < -0.4 is 17.2 Å². The van der Waals surface area contributed by atoms with Gasteiger partial charge in [0, 0.05) is 6.61 Å². The summed E-state index contributed by atoms with van der Waals surface area (Å²) >= 11 is 0. The van der Waals surface area contributed by atoms with Crippen LogP contribution in [0, 0.1) is 0 Å². The van der Waals surface area contributed by atoms with Crippen molar-refractivity contribution in [3.05, 3.63) is 0 Å². The number of aliphatic hydroxyl groups excluding tert-OH is 1. The van der Waals surface area contributed by atoms with Gasteiger partial charge in [0.1, 0.15) is 12.1 Å². The van der Waals surface area contributed by atoms with E-state index in [1.54, 1.807) is 0 Å². The van der Waals surface area contributed by atoms with Crippen LogP contribution in [0.25, 0.3) is 0 Å². The van der Waals surface area contributed by atoms with Crippen molar-refractivity contribution in [3.63, 3.8) is 0 Å². The molecular weight excluding hydrogens is 218 g/mol. The second kappa shape index (κ2) is 6.88. The van der Waals surface area contributed by atoms with E-state index in [0.717, 1.165) is 0 Å². The van der Waals surface area contributed by atoms with Gasteiger partial charge in [-0.05, 0) is 6.42 Å². The summed E-state index contributed by atoms with van der Waals surface area (Å²) < 4.78 is 4.28. The minimum atomic E-state index is -1.29. The fourth-order valence-corrected chi connectivity index (χ4v) is 0.808.